The van der Waals surface area contributed by atoms with E-state index in [0.29, 0.717) is 5.56 Å². The lowest BCUT2D eigenvalue weighted by atomic mass is 9.83. The number of fused-ring (bicyclic) bond motifs is 6. The van der Waals surface area contributed by atoms with Crippen LogP contribution in [0.5, 0.6) is 0 Å². The van der Waals surface area contributed by atoms with E-state index in [2.05, 4.69) is 84.9 Å². The molecule has 0 bridgehead atoms. The highest BCUT2D eigenvalue weighted by molar-refractivity contribution is 6.26. The monoisotopic (exact) mass is 627 g/mol. The van der Waals surface area contributed by atoms with Gasteiger partial charge in [-0.05, 0) is 107 Å². The van der Waals surface area contributed by atoms with Gasteiger partial charge in [0.1, 0.15) is 11.2 Å². The van der Waals surface area contributed by atoms with Gasteiger partial charge in [-0.15, -0.1) is 0 Å². The Balaban J connectivity index is 1.41. The van der Waals surface area contributed by atoms with E-state index < -0.39 is 6.04 Å². The number of hydrogen-bond acceptors (Lipinski definition) is 1. The van der Waals surface area contributed by atoms with Gasteiger partial charge in [0.2, 0.25) is 0 Å². The summed E-state index contributed by atoms with van der Waals surface area (Å²) in [5.74, 6) is 0. The first-order valence-electron chi connectivity index (χ1n) is 18.9. The molecule has 0 saturated heterocycles. The average molecular weight is 628 g/mol. The molecule has 0 unspecified atom stereocenters. The molecule has 0 radical (unpaired) electrons. The van der Waals surface area contributed by atoms with E-state index in [1.54, 1.807) is 0 Å². The maximum absolute atomic E-state index is 9.11. The number of benzene rings is 9. The van der Waals surface area contributed by atoms with Crippen LogP contribution in [-0.2, 0) is 0 Å². The minimum absolute atomic E-state index is 0.184. The first-order valence-corrected chi connectivity index (χ1v) is 16.4. The molecule has 228 valence electrons. The summed E-state index contributed by atoms with van der Waals surface area (Å²) in [5, 5.41) is 7.67. The Morgan fingerprint density at radius 2 is 1.02 bits per heavy atom. The van der Waals surface area contributed by atoms with Gasteiger partial charge in [0.05, 0.1) is 6.85 Å². The van der Waals surface area contributed by atoms with Crippen molar-refractivity contribution >= 4 is 54.3 Å². The Bertz CT molecular complexity index is 3130. The predicted molar refractivity (Wildman–Crippen MR) is 208 cm³/mol. The van der Waals surface area contributed by atoms with Crippen LogP contribution in [0.3, 0.4) is 0 Å². The van der Waals surface area contributed by atoms with Crippen molar-refractivity contribution in [3.05, 3.63) is 182 Å². The Kier molecular flexibility index (Phi) is 5.20. The van der Waals surface area contributed by atoms with Crippen LogP contribution >= 0.6 is 0 Å². The third kappa shape index (κ3) is 4.47. The van der Waals surface area contributed by atoms with Gasteiger partial charge in [-0.3, -0.25) is 0 Å². The summed E-state index contributed by atoms with van der Waals surface area (Å²) in [7, 11) is 0. The van der Waals surface area contributed by atoms with Crippen LogP contribution < -0.4 is 0 Å². The van der Waals surface area contributed by atoms with Crippen LogP contribution in [0.4, 0.5) is 0 Å². The van der Waals surface area contributed by atoms with E-state index in [1.807, 2.05) is 66.7 Å². The molecule has 1 nitrogen and oxygen atoms in total. The van der Waals surface area contributed by atoms with Crippen LogP contribution in [0.15, 0.2) is 186 Å². The Hall–Kier alpha value is -6.44. The molecule has 0 amide bonds. The molecule has 10 aromatic rings. The second kappa shape index (κ2) is 11.1. The SMILES string of the molecule is [2H]c1c([2H])c([2H])c(-c2c3ccccc3c(-c3cc(-c4ccccc4)cc4oc5ccccc5c34)c3cc(-c4ccc5ccccc5c4)ccc23)c([2H])c1[2H]. The van der Waals surface area contributed by atoms with Crippen molar-refractivity contribution in [1.29, 1.82) is 0 Å². The highest BCUT2D eigenvalue weighted by atomic mass is 16.3. The molecule has 0 atom stereocenters. The van der Waals surface area contributed by atoms with E-state index in [0.717, 1.165) is 87.6 Å². The van der Waals surface area contributed by atoms with Crippen molar-refractivity contribution in [2.45, 2.75) is 0 Å². The zero-order valence-electron chi connectivity index (χ0n) is 31.3. The lowest BCUT2D eigenvalue weighted by Gasteiger charge is -2.20. The fraction of sp³-hybridized carbons (Fsp3) is 0. The third-order valence-corrected chi connectivity index (χ3v) is 9.71. The molecular formula is C48H30O. The average Bonchev–Trinajstić information content (AvgIpc) is 3.60. The van der Waals surface area contributed by atoms with Gasteiger partial charge in [-0.2, -0.15) is 0 Å². The van der Waals surface area contributed by atoms with Crippen LogP contribution in [0.2, 0.25) is 0 Å². The molecule has 0 saturated carbocycles. The van der Waals surface area contributed by atoms with Gasteiger partial charge in [-0.25, -0.2) is 0 Å². The van der Waals surface area contributed by atoms with Gasteiger partial charge < -0.3 is 4.42 Å². The van der Waals surface area contributed by atoms with E-state index in [1.165, 1.54) is 0 Å². The number of hydrogen-bond donors (Lipinski definition) is 0. The van der Waals surface area contributed by atoms with Crippen molar-refractivity contribution in [2.75, 3.05) is 0 Å². The molecule has 9 aromatic carbocycles. The first kappa shape index (κ1) is 23.0. The summed E-state index contributed by atoms with van der Waals surface area (Å²) in [5.41, 5.74) is 8.44. The molecule has 0 spiro atoms. The number of rotatable bonds is 4. The van der Waals surface area contributed by atoms with Gasteiger partial charge >= 0.3 is 0 Å². The Labute approximate surface area is 291 Å². The summed E-state index contributed by atoms with van der Waals surface area (Å²) < 4.78 is 50.4. The second-order valence-electron chi connectivity index (χ2n) is 12.5. The maximum Gasteiger partial charge on any atom is 0.136 e. The lowest BCUT2D eigenvalue weighted by molar-refractivity contribution is 0.669. The molecule has 1 aromatic heterocycles. The second-order valence-corrected chi connectivity index (χ2v) is 12.5. The van der Waals surface area contributed by atoms with E-state index >= 15 is 0 Å². The zero-order valence-corrected chi connectivity index (χ0v) is 26.3. The number of furan rings is 1. The molecule has 1 heteroatoms. The smallest absolute Gasteiger partial charge is 0.136 e. The predicted octanol–water partition coefficient (Wildman–Crippen LogP) is 13.7. The third-order valence-electron chi connectivity index (χ3n) is 9.71. The normalized spacial score (nSPS) is 13.1. The summed E-state index contributed by atoms with van der Waals surface area (Å²) in [4.78, 5) is 0. The molecule has 0 aliphatic carbocycles. The van der Waals surface area contributed by atoms with Gasteiger partial charge in [-0.1, -0.05) is 152 Å². The summed E-state index contributed by atoms with van der Waals surface area (Å²) in [6, 6.07) is 50.3. The molecule has 0 aliphatic heterocycles. The van der Waals surface area contributed by atoms with E-state index in [4.69, 9.17) is 11.3 Å². The lowest BCUT2D eigenvalue weighted by Crippen LogP contribution is -1.93. The molecule has 0 fully saturated rings. The van der Waals surface area contributed by atoms with Crippen molar-refractivity contribution < 1.29 is 11.3 Å². The molecule has 0 aliphatic rings. The van der Waals surface area contributed by atoms with E-state index in [-0.39, 0.29) is 29.7 Å². The fourth-order valence-corrected chi connectivity index (χ4v) is 7.51. The largest absolute Gasteiger partial charge is 0.456 e. The zero-order chi connectivity index (χ0) is 36.7. The molecule has 0 N–H and O–H groups in total. The molecule has 1 heterocycles. The standard InChI is InChI=1S/C48H30O/c1-3-13-31(14-4-1)37-29-43(48-41-21-11-12-22-44(41)49-45(48)30-37)47-39-20-10-9-19-38(39)46(33-16-5-2-6-17-33)40-26-25-36(28-42(40)47)35-24-23-32-15-7-8-18-34(32)27-35/h1-30H/i2D,5D,6D,16D,17D. The topological polar surface area (TPSA) is 13.1 Å². The van der Waals surface area contributed by atoms with Crippen LogP contribution in [0.25, 0.3) is 98.8 Å². The molecular weight excluding hydrogens is 593 g/mol. The first-order chi connectivity index (χ1) is 26.4. The number of para-hydroxylation sites is 1. The highest BCUT2D eigenvalue weighted by Crippen LogP contribution is 2.49. The summed E-state index contributed by atoms with van der Waals surface area (Å²) in [6.45, 7) is 0. The van der Waals surface area contributed by atoms with E-state index in [9.17, 15) is 0 Å². The van der Waals surface area contributed by atoms with Gasteiger partial charge in [0, 0.05) is 10.8 Å². The van der Waals surface area contributed by atoms with Crippen molar-refractivity contribution in [2.24, 2.45) is 0 Å². The van der Waals surface area contributed by atoms with Crippen LogP contribution in [-0.4, -0.2) is 0 Å². The van der Waals surface area contributed by atoms with Gasteiger partial charge in [0.15, 0.2) is 0 Å². The quantitative estimate of drug-likeness (QED) is 0.177. The summed E-state index contributed by atoms with van der Waals surface area (Å²) >= 11 is 0. The molecule has 10 rings (SSSR count). The maximum atomic E-state index is 9.11. The van der Waals surface area contributed by atoms with Crippen LogP contribution in [0, 0.1) is 0 Å². The van der Waals surface area contributed by atoms with Crippen LogP contribution in [0.1, 0.15) is 6.85 Å². The Morgan fingerprint density at radius 1 is 0.367 bits per heavy atom. The summed E-state index contributed by atoms with van der Waals surface area (Å²) in [6.07, 6.45) is 0. The highest BCUT2D eigenvalue weighted by Gasteiger charge is 2.22. The minimum Gasteiger partial charge on any atom is -0.456 e. The minimum atomic E-state index is -0.412. The molecule has 49 heavy (non-hydrogen) atoms. The van der Waals surface area contributed by atoms with Crippen molar-refractivity contribution in [3.63, 3.8) is 0 Å². The van der Waals surface area contributed by atoms with Crippen molar-refractivity contribution in [1.82, 2.24) is 0 Å². The van der Waals surface area contributed by atoms with Gasteiger partial charge in [0.25, 0.3) is 0 Å². The fourth-order valence-electron chi connectivity index (χ4n) is 7.51. The van der Waals surface area contributed by atoms with Crippen molar-refractivity contribution in [3.8, 4) is 44.5 Å². The Morgan fingerprint density at radius 3 is 1.86 bits per heavy atom.